The molecular weight excluding hydrogens is 402 g/mol. The van der Waals surface area contributed by atoms with Crippen LogP contribution in [0.5, 0.6) is 0 Å². The van der Waals surface area contributed by atoms with Crippen LogP contribution in [0.4, 0.5) is 11.4 Å². The highest BCUT2D eigenvalue weighted by Crippen LogP contribution is 2.32. The van der Waals surface area contributed by atoms with E-state index in [9.17, 15) is 18.5 Å². The van der Waals surface area contributed by atoms with Gasteiger partial charge in [0.1, 0.15) is 10.6 Å². The second-order valence-corrected chi connectivity index (χ2v) is 10.4. The molecule has 1 saturated heterocycles. The molecule has 8 heteroatoms. The van der Waals surface area contributed by atoms with E-state index in [-0.39, 0.29) is 10.6 Å². The molecule has 1 N–H and O–H groups in total. The Morgan fingerprint density at radius 1 is 1.07 bits per heavy atom. The Hall–Kier alpha value is -2.45. The van der Waals surface area contributed by atoms with Gasteiger partial charge in [0, 0.05) is 32.4 Å². The highest BCUT2D eigenvalue weighted by atomic mass is 32.2. The third kappa shape index (κ3) is 5.37. The minimum atomic E-state index is -3.71. The van der Waals surface area contributed by atoms with Crippen molar-refractivity contribution in [3.05, 3.63) is 63.7 Å². The SMILES string of the molecule is CC1CC(C)CN(Cc2ccccc2CNc2cccc(S(C)(=O)=O)c2[N+](=O)[O-])C1. The van der Waals surface area contributed by atoms with Crippen LogP contribution >= 0.6 is 0 Å². The van der Waals surface area contributed by atoms with E-state index in [0.29, 0.717) is 18.4 Å². The van der Waals surface area contributed by atoms with Gasteiger partial charge in [-0.25, -0.2) is 8.42 Å². The molecule has 1 aliphatic heterocycles. The molecule has 0 amide bonds. The maximum Gasteiger partial charge on any atom is 0.310 e. The number of piperidine rings is 1. The minimum absolute atomic E-state index is 0.206. The second kappa shape index (κ2) is 9.14. The fourth-order valence-electron chi connectivity index (χ4n) is 4.39. The summed E-state index contributed by atoms with van der Waals surface area (Å²) < 4.78 is 24.0. The number of nitrogens with zero attached hydrogens (tertiary/aromatic N) is 2. The minimum Gasteiger partial charge on any atom is -0.375 e. The number of nitro groups is 1. The molecule has 0 aliphatic carbocycles. The maximum absolute atomic E-state index is 12.0. The lowest BCUT2D eigenvalue weighted by molar-refractivity contribution is -0.386. The number of sulfone groups is 1. The van der Waals surface area contributed by atoms with E-state index in [1.54, 1.807) is 6.07 Å². The number of anilines is 1. The molecule has 3 rings (SSSR count). The van der Waals surface area contributed by atoms with Crippen LogP contribution in [-0.2, 0) is 22.9 Å². The number of nitro benzene ring substituents is 1. The average molecular weight is 432 g/mol. The number of hydrogen-bond acceptors (Lipinski definition) is 6. The summed E-state index contributed by atoms with van der Waals surface area (Å²) in [6, 6.07) is 12.4. The number of para-hydroxylation sites is 1. The fourth-order valence-corrected chi connectivity index (χ4v) is 5.25. The van der Waals surface area contributed by atoms with Crippen molar-refractivity contribution in [3.8, 4) is 0 Å². The molecule has 0 spiro atoms. The van der Waals surface area contributed by atoms with Gasteiger partial charge >= 0.3 is 5.69 Å². The van der Waals surface area contributed by atoms with Gasteiger partial charge in [-0.2, -0.15) is 0 Å². The molecular formula is C22H29N3O4S. The number of benzene rings is 2. The Balaban J connectivity index is 1.81. The Morgan fingerprint density at radius 3 is 2.30 bits per heavy atom. The third-order valence-corrected chi connectivity index (χ3v) is 6.64. The molecule has 0 aromatic heterocycles. The molecule has 162 valence electrons. The van der Waals surface area contributed by atoms with Gasteiger partial charge in [-0.05, 0) is 41.5 Å². The van der Waals surface area contributed by atoms with Crippen LogP contribution in [0.25, 0.3) is 0 Å². The first-order valence-electron chi connectivity index (χ1n) is 10.2. The summed E-state index contributed by atoms with van der Waals surface area (Å²) in [5.74, 6) is 1.33. The Bertz CT molecular complexity index is 1010. The van der Waals surface area contributed by atoms with Gasteiger partial charge in [-0.15, -0.1) is 0 Å². The molecule has 0 saturated carbocycles. The summed E-state index contributed by atoms with van der Waals surface area (Å²) >= 11 is 0. The molecule has 30 heavy (non-hydrogen) atoms. The Labute approximate surface area is 178 Å². The zero-order chi connectivity index (χ0) is 21.9. The quantitative estimate of drug-likeness (QED) is 0.524. The molecule has 2 aromatic carbocycles. The van der Waals surface area contributed by atoms with Crippen molar-refractivity contribution in [1.29, 1.82) is 0 Å². The van der Waals surface area contributed by atoms with E-state index in [1.807, 2.05) is 18.2 Å². The standard InChI is InChI=1S/C22H29N3O4S/c1-16-11-17(2)14-24(13-16)15-19-8-5-4-7-18(19)12-23-20-9-6-10-21(30(3,28)29)22(20)25(26)27/h4-10,16-17,23H,11-15H2,1-3H3. The summed E-state index contributed by atoms with van der Waals surface area (Å²) in [7, 11) is -3.71. The van der Waals surface area contributed by atoms with E-state index >= 15 is 0 Å². The first-order valence-corrected chi connectivity index (χ1v) is 12.0. The predicted octanol–water partition coefficient (Wildman–Crippen LogP) is 4.09. The van der Waals surface area contributed by atoms with Gasteiger partial charge in [0.2, 0.25) is 0 Å². The van der Waals surface area contributed by atoms with Gasteiger partial charge in [0.05, 0.1) is 4.92 Å². The Kier molecular flexibility index (Phi) is 6.77. The number of likely N-dealkylation sites (tertiary alicyclic amines) is 1. The van der Waals surface area contributed by atoms with Gasteiger partial charge in [0.25, 0.3) is 0 Å². The normalized spacial score (nSPS) is 20.1. The lowest BCUT2D eigenvalue weighted by Gasteiger charge is -2.35. The topological polar surface area (TPSA) is 92.6 Å². The van der Waals surface area contributed by atoms with Gasteiger partial charge in [-0.1, -0.05) is 44.2 Å². The van der Waals surface area contributed by atoms with Crippen LogP contribution in [0.15, 0.2) is 47.4 Å². The van der Waals surface area contributed by atoms with Crippen molar-refractivity contribution in [2.75, 3.05) is 24.7 Å². The maximum atomic E-state index is 12.0. The van der Waals surface area contributed by atoms with E-state index < -0.39 is 20.4 Å². The first kappa shape index (κ1) is 22.2. The summed E-state index contributed by atoms with van der Waals surface area (Å²) in [6.45, 7) is 7.90. The molecule has 1 aliphatic rings. The van der Waals surface area contributed by atoms with Crippen LogP contribution in [0, 0.1) is 22.0 Å². The molecule has 2 unspecified atom stereocenters. The van der Waals surface area contributed by atoms with Gasteiger partial charge < -0.3 is 5.32 Å². The van der Waals surface area contributed by atoms with E-state index in [2.05, 4.69) is 30.1 Å². The highest BCUT2D eigenvalue weighted by Gasteiger charge is 2.26. The van der Waals surface area contributed by atoms with Gasteiger partial charge in [0.15, 0.2) is 9.84 Å². The molecule has 0 radical (unpaired) electrons. The summed E-state index contributed by atoms with van der Waals surface area (Å²) in [5, 5.41) is 14.7. The molecule has 1 heterocycles. The van der Waals surface area contributed by atoms with E-state index in [1.165, 1.54) is 24.1 Å². The largest absolute Gasteiger partial charge is 0.375 e. The number of hydrogen-bond donors (Lipinski definition) is 1. The molecule has 7 nitrogen and oxygen atoms in total. The van der Waals surface area contributed by atoms with Crippen LogP contribution in [0.2, 0.25) is 0 Å². The highest BCUT2D eigenvalue weighted by molar-refractivity contribution is 7.90. The van der Waals surface area contributed by atoms with Crippen LogP contribution in [0.1, 0.15) is 31.4 Å². The van der Waals surface area contributed by atoms with E-state index in [4.69, 9.17) is 0 Å². The molecule has 1 fully saturated rings. The Morgan fingerprint density at radius 2 is 1.70 bits per heavy atom. The van der Waals surface area contributed by atoms with Crippen molar-refractivity contribution < 1.29 is 13.3 Å². The second-order valence-electron chi connectivity index (χ2n) is 8.44. The van der Waals surface area contributed by atoms with Crippen LogP contribution in [0.3, 0.4) is 0 Å². The smallest absolute Gasteiger partial charge is 0.310 e. The zero-order valence-corrected chi connectivity index (χ0v) is 18.5. The first-order chi connectivity index (χ1) is 14.1. The summed E-state index contributed by atoms with van der Waals surface area (Å²) in [6.07, 6.45) is 2.23. The van der Waals surface area contributed by atoms with E-state index in [0.717, 1.165) is 31.5 Å². The average Bonchev–Trinajstić information content (AvgIpc) is 2.65. The van der Waals surface area contributed by atoms with Crippen molar-refractivity contribution in [1.82, 2.24) is 4.90 Å². The lowest BCUT2D eigenvalue weighted by Crippen LogP contribution is -2.38. The summed E-state index contributed by atoms with van der Waals surface area (Å²) in [4.78, 5) is 13.1. The van der Waals surface area contributed by atoms with Crippen molar-refractivity contribution in [3.63, 3.8) is 0 Å². The summed E-state index contributed by atoms with van der Waals surface area (Å²) in [5.41, 5.74) is 2.02. The molecule has 2 aromatic rings. The van der Waals surface area contributed by atoms with Crippen molar-refractivity contribution in [2.24, 2.45) is 11.8 Å². The number of rotatable bonds is 7. The third-order valence-electron chi connectivity index (χ3n) is 5.51. The van der Waals surface area contributed by atoms with Crippen molar-refractivity contribution in [2.45, 2.75) is 38.3 Å². The fraction of sp³-hybridized carbons (Fsp3) is 0.455. The predicted molar refractivity (Wildman–Crippen MR) is 118 cm³/mol. The van der Waals surface area contributed by atoms with Crippen LogP contribution < -0.4 is 5.32 Å². The van der Waals surface area contributed by atoms with Gasteiger partial charge in [-0.3, -0.25) is 15.0 Å². The lowest BCUT2D eigenvalue weighted by atomic mass is 9.91. The monoisotopic (exact) mass is 431 g/mol. The van der Waals surface area contributed by atoms with Crippen molar-refractivity contribution >= 4 is 21.2 Å². The number of nitrogens with one attached hydrogen (secondary N) is 1. The molecule has 0 bridgehead atoms. The zero-order valence-electron chi connectivity index (χ0n) is 17.7. The molecule has 2 atom stereocenters. The van der Waals surface area contributed by atoms with Crippen LogP contribution in [-0.4, -0.2) is 37.6 Å².